The molecule has 35 heavy (non-hydrogen) atoms. The molecule has 3 aromatic heterocycles. The minimum absolute atomic E-state index is 0.0391. The zero-order chi connectivity index (χ0) is 24.8. The molecule has 0 unspecified atom stereocenters. The summed E-state index contributed by atoms with van der Waals surface area (Å²) in [6.07, 6.45) is 10.8. The Balaban J connectivity index is 1.30. The highest BCUT2D eigenvalue weighted by atomic mass is 32.2. The van der Waals surface area contributed by atoms with Crippen LogP contribution in [0.2, 0.25) is 0 Å². The van der Waals surface area contributed by atoms with E-state index in [2.05, 4.69) is 14.7 Å². The van der Waals surface area contributed by atoms with Gasteiger partial charge in [0.25, 0.3) is 5.56 Å². The van der Waals surface area contributed by atoms with Gasteiger partial charge < -0.3 is 9.45 Å². The van der Waals surface area contributed by atoms with Gasteiger partial charge in [0.05, 0.1) is 28.8 Å². The normalized spacial score (nSPS) is 21.2. The molecule has 2 aliphatic rings. The highest BCUT2D eigenvalue weighted by Crippen LogP contribution is 2.47. The zero-order valence-corrected chi connectivity index (χ0v) is 22.5. The Morgan fingerprint density at radius 2 is 1.97 bits per heavy atom. The second kappa shape index (κ2) is 9.46. The van der Waals surface area contributed by atoms with Gasteiger partial charge >= 0.3 is 0 Å². The summed E-state index contributed by atoms with van der Waals surface area (Å²) in [7, 11) is 1.81. The van der Waals surface area contributed by atoms with Crippen LogP contribution in [0.4, 0.5) is 5.95 Å². The number of nitrogens with zero attached hydrogens (tertiary/aromatic N) is 5. The molecule has 188 valence electrons. The standard InChI is InChI=1S/C25H34N6O2S2/c1-24(2,3)35(33)28-21-8-5-10-25(21)11-15-30(16-12-25)23-26-17-20(22(32)29(23)4)34-19-7-6-14-31-18(19)9-13-27-31/h6-7,9,13-14,17,21,28H,5,8,10-12,15-16H2,1-4H3/t21-,35-/m1/s1. The monoisotopic (exact) mass is 514 g/mol. The van der Waals surface area contributed by atoms with E-state index in [0.29, 0.717) is 4.90 Å². The number of piperidine rings is 1. The molecule has 10 heteroatoms. The van der Waals surface area contributed by atoms with Crippen molar-refractivity contribution in [3.63, 3.8) is 0 Å². The lowest BCUT2D eigenvalue weighted by atomic mass is 9.74. The molecular weight excluding hydrogens is 480 g/mol. The second-order valence-corrected chi connectivity index (χ2v) is 13.8. The molecule has 1 aliphatic heterocycles. The van der Waals surface area contributed by atoms with Crippen molar-refractivity contribution in [3.05, 3.63) is 47.1 Å². The molecule has 8 nitrogen and oxygen atoms in total. The number of anilines is 1. The van der Waals surface area contributed by atoms with Crippen LogP contribution in [0.25, 0.3) is 5.52 Å². The molecule has 0 bridgehead atoms. The van der Waals surface area contributed by atoms with Crippen LogP contribution in [0, 0.1) is 5.41 Å². The molecule has 1 aliphatic carbocycles. The molecule has 0 amide bonds. The van der Waals surface area contributed by atoms with Gasteiger partial charge in [-0.2, -0.15) is 5.10 Å². The van der Waals surface area contributed by atoms with Gasteiger partial charge in [0.1, 0.15) is 4.75 Å². The topological polar surface area (TPSA) is 90.5 Å². The fraction of sp³-hybridized carbons (Fsp3) is 0.560. The highest BCUT2D eigenvalue weighted by Gasteiger charge is 2.48. The minimum Gasteiger partial charge on any atom is -0.598 e. The van der Waals surface area contributed by atoms with Crippen LogP contribution in [-0.2, 0) is 18.4 Å². The molecule has 2 atom stereocenters. The maximum absolute atomic E-state index is 13.2. The van der Waals surface area contributed by atoms with Crippen LogP contribution in [0.3, 0.4) is 0 Å². The Hall–Kier alpha value is -2.01. The van der Waals surface area contributed by atoms with Crippen molar-refractivity contribution < 1.29 is 4.55 Å². The van der Waals surface area contributed by atoms with Gasteiger partial charge in [-0.25, -0.2) is 9.50 Å². The Morgan fingerprint density at radius 1 is 1.20 bits per heavy atom. The van der Waals surface area contributed by atoms with E-state index < -0.39 is 11.4 Å². The van der Waals surface area contributed by atoms with Crippen LogP contribution in [0.15, 0.2) is 51.4 Å². The van der Waals surface area contributed by atoms with Crippen molar-refractivity contribution in [3.8, 4) is 0 Å². The minimum atomic E-state index is -1.06. The van der Waals surface area contributed by atoms with Gasteiger partial charge in [0.2, 0.25) is 5.95 Å². The Morgan fingerprint density at radius 3 is 2.71 bits per heavy atom. The SMILES string of the molecule is Cn1c(N2CCC3(CCC[C@H]3N[S@+]([O-])C(C)(C)C)CC2)ncc(Sc2cccn3nccc23)c1=O. The lowest BCUT2D eigenvalue weighted by Gasteiger charge is -2.44. The van der Waals surface area contributed by atoms with Gasteiger partial charge in [0.15, 0.2) is 0 Å². The largest absolute Gasteiger partial charge is 0.598 e. The van der Waals surface area contributed by atoms with Crippen LogP contribution in [-0.4, -0.2) is 47.6 Å². The lowest BCUT2D eigenvalue weighted by Crippen LogP contribution is -2.53. The highest BCUT2D eigenvalue weighted by molar-refractivity contribution is 7.99. The van der Waals surface area contributed by atoms with Crippen LogP contribution in [0.5, 0.6) is 0 Å². The smallest absolute Gasteiger partial charge is 0.268 e. The summed E-state index contributed by atoms with van der Waals surface area (Å²) >= 11 is 0.367. The fourth-order valence-electron chi connectivity index (χ4n) is 5.39. The van der Waals surface area contributed by atoms with Crippen molar-refractivity contribution in [2.24, 2.45) is 12.5 Å². The van der Waals surface area contributed by atoms with Crippen molar-refractivity contribution in [2.75, 3.05) is 18.0 Å². The van der Waals surface area contributed by atoms with Crippen LogP contribution in [0.1, 0.15) is 52.9 Å². The number of aromatic nitrogens is 4. The average Bonchev–Trinajstić information content (AvgIpc) is 3.45. The lowest BCUT2D eigenvalue weighted by molar-refractivity contribution is 0.185. The number of rotatable bonds is 5. The summed E-state index contributed by atoms with van der Waals surface area (Å²) in [6, 6.07) is 6.16. The van der Waals surface area contributed by atoms with Gasteiger partial charge in [-0.3, -0.25) is 9.36 Å². The number of hydrogen-bond donors (Lipinski definition) is 1. The average molecular weight is 515 g/mol. The summed E-state index contributed by atoms with van der Waals surface area (Å²) in [5, 5.41) is 4.28. The van der Waals surface area contributed by atoms with E-state index in [0.717, 1.165) is 48.7 Å². The third-order valence-electron chi connectivity index (χ3n) is 7.48. The Labute approximate surface area is 213 Å². The molecule has 1 N–H and O–H groups in total. The van der Waals surface area contributed by atoms with E-state index >= 15 is 0 Å². The molecule has 1 spiro atoms. The first kappa shape index (κ1) is 24.7. The summed E-state index contributed by atoms with van der Waals surface area (Å²) in [5.74, 6) is 0.720. The van der Waals surface area contributed by atoms with E-state index in [1.54, 1.807) is 21.5 Å². The van der Waals surface area contributed by atoms with E-state index in [-0.39, 0.29) is 21.8 Å². The van der Waals surface area contributed by atoms with Gasteiger partial charge in [0, 0.05) is 42.6 Å². The van der Waals surface area contributed by atoms with E-state index in [9.17, 15) is 9.35 Å². The van der Waals surface area contributed by atoms with E-state index in [1.807, 2.05) is 52.2 Å². The fourth-order valence-corrected chi connectivity index (χ4v) is 7.35. The molecule has 1 saturated carbocycles. The Bertz CT molecular complexity index is 1260. The number of hydrogen-bond acceptors (Lipinski definition) is 7. The molecule has 2 fully saturated rings. The molecule has 1 saturated heterocycles. The van der Waals surface area contributed by atoms with Crippen molar-refractivity contribution in [2.45, 2.75) is 73.5 Å². The maximum Gasteiger partial charge on any atom is 0.268 e. The zero-order valence-electron chi connectivity index (χ0n) is 20.9. The summed E-state index contributed by atoms with van der Waals surface area (Å²) in [6.45, 7) is 7.75. The summed E-state index contributed by atoms with van der Waals surface area (Å²) < 4.78 is 19.5. The predicted octanol–water partition coefficient (Wildman–Crippen LogP) is 3.77. The predicted molar refractivity (Wildman–Crippen MR) is 141 cm³/mol. The van der Waals surface area contributed by atoms with Crippen LogP contribution >= 0.6 is 11.8 Å². The number of pyridine rings is 1. The quantitative estimate of drug-likeness (QED) is 0.518. The first-order valence-electron chi connectivity index (χ1n) is 12.3. The van der Waals surface area contributed by atoms with Crippen LogP contribution < -0.4 is 15.2 Å². The van der Waals surface area contributed by atoms with Crippen molar-refractivity contribution >= 4 is 34.6 Å². The van der Waals surface area contributed by atoms with Gasteiger partial charge in [-0.05, 0) is 70.1 Å². The molecule has 3 aromatic rings. The third-order valence-corrected chi connectivity index (χ3v) is 10.2. The molecule has 0 radical (unpaired) electrons. The van der Waals surface area contributed by atoms with E-state index in [1.165, 1.54) is 24.6 Å². The number of nitrogens with one attached hydrogen (secondary N) is 1. The van der Waals surface area contributed by atoms with Crippen molar-refractivity contribution in [1.29, 1.82) is 0 Å². The molecule has 5 rings (SSSR count). The molecule has 4 heterocycles. The first-order valence-corrected chi connectivity index (χ1v) is 14.2. The summed E-state index contributed by atoms with van der Waals surface area (Å²) in [5.41, 5.74) is 1.11. The maximum atomic E-state index is 13.2. The van der Waals surface area contributed by atoms with Gasteiger partial charge in [-0.1, -0.05) is 18.2 Å². The van der Waals surface area contributed by atoms with Crippen molar-refractivity contribution in [1.82, 2.24) is 23.9 Å². The number of fused-ring (bicyclic) bond motifs is 1. The Kier molecular flexibility index (Phi) is 6.67. The summed E-state index contributed by atoms with van der Waals surface area (Å²) in [4.78, 5) is 21.8. The van der Waals surface area contributed by atoms with Gasteiger partial charge in [-0.15, -0.1) is 4.72 Å². The third kappa shape index (κ3) is 4.73. The van der Waals surface area contributed by atoms with E-state index in [4.69, 9.17) is 4.98 Å². The first-order chi connectivity index (χ1) is 16.7. The molecular formula is C25H34N6O2S2. The second-order valence-electron chi connectivity index (χ2n) is 10.7. The molecule has 0 aromatic carbocycles.